The van der Waals surface area contributed by atoms with Gasteiger partial charge in [0.15, 0.2) is 0 Å². The molecule has 130 valence electrons. The number of rotatable bonds is 4. The summed E-state index contributed by atoms with van der Waals surface area (Å²) in [5, 5.41) is 13.3. The molecular weight excluding hydrogens is 324 g/mol. The predicted octanol–water partition coefficient (Wildman–Crippen LogP) is 2.21. The van der Waals surface area contributed by atoms with E-state index in [4.69, 9.17) is 0 Å². The smallest absolute Gasteiger partial charge is 0.315 e. The third-order valence-electron chi connectivity index (χ3n) is 4.23. The molecule has 2 atom stereocenters. The number of amides is 2. The van der Waals surface area contributed by atoms with Gasteiger partial charge in [0, 0.05) is 43.8 Å². The molecule has 2 aromatic rings. The molecule has 2 aromatic heterocycles. The topological polar surface area (TPSA) is 75.1 Å². The number of aryl methyl sites for hydroxylation is 2. The van der Waals surface area contributed by atoms with Crippen LogP contribution >= 0.6 is 11.3 Å². The van der Waals surface area contributed by atoms with Gasteiger partial charge in [-0.3, -0.25) is 4.68 Å². The van der Waals surface area contributed by atoms with Gasteiger partial charge in [-0.05, 0) is 26.7 Å². The SMILES string of the molecule is Cc1cc(N2CCC[C@H](NC(=O)N[C@@H](C)c3nccs3)C2)n(C)n1. The van der Waals surface area contributed by atoms with Crippen LogP contribution in [-0.2, 0) is 7.05 Å². The second-order valence-electron chi connectivity index (χ2n) is 6.26. The largest absolute Gasteiger partial charge is 0.355 e. The quantitative estimate of drug-likeness (QED) is 0.888. The molecule has 2 amide bonds. The van der Waals surface area contributed by atoms with Gasteiger partial charge in [0.2, 0.25) is 0 Å². The maximum Gasteiger partial charge on any atom is 0.315 e. The number of anilines is 1. The van der Waals surface area contributed by atoms with Gasteiger partial charge in [0.1, 0.15) is 10.8 Å². The van der Waals surface area contributed by atoms with Gasteiger partial charge in [0.05, 0.1) is 11.7 Å². The van der Waals surface area contributed by atoms with Crippen LogP contribution in [0.1, 0.15) is 36.5 Å². The van der Waals surface area contributed by atoms with Crippen molar-refractivity contribution < 1.29 is 4.79 Å². The summed E-state index contributed by atoms with van der Waals surface area (Å²) in [7, 11) is 1.96. The van der Waals surface area contributed by atoms with Crippen LogP contribution < -0.4 is 15.5 Å². The van der Waals surface area contributed by atoms with E-state index in [1.807, 2.05) is 31.0 Å². The second kappa shape index (κ2) is 7.21. The number of nitrogens with zero attached hydrogens (tertiary/aromatic N) is 4. The van der Waals surface area contributed by atoms with E-state index >= 15 is 0 Å². The first kappa shape index (κ1) is 16.8. The first-order valence-electron chi connectivity index (χ1n) is 8.25. The number of hydrogen-bond donors (Lipinski definition) is 2. The first-order chi connectivity index (χ1) is 11.5. The highest BCUT2D eigenvalue weighted by molar-refractivity contribution is 7.09. The second-order valence-corrected chi connectivity index (χ2v) is 7.19. The molecule has 2 N–H and O–H groups in total. The molecule has 3 heterocycles. The summed E-state index contributed by atoms with van der Waals surface area (Å²) < 4.78 is 1.91. The molecule has 8 heteroatoms. The van der Waals surface area contributed by atoms with Gasteiger partial charge in [-0.25, -0.2) is 9.78 Å². The summed E-state index contributed by atoms with van der Waals surface area (Å²) in [5.74, 6) is 1.11. The van der Waals surface area contributed by atoms with E-state index < -0.39 is 0 Å². The van der Waals surface area contributed by atoms with Crippen LogP contribution in [-0.4, -0.2) is 39.9 Å². The Bertz CT molecular complexity index is 683. The van der Waals surface area contributed by atoms with E-state index in [1.165, 1.54) is 0 Å². The van der Waals surface area contributed by atoms with Crippen molar-refractivity contribution in [2.24, 2.45) is 7.05 Å². The van der Waals surface area contributed by atoms with Crippen LogP contribution in [0.3, 0.4) is 0 Å². The van der Waals surface area contributed by atoms with Crippen molar-refractivity contribution in [3.8, 4) is 0 Å². The molecule has 0 aromatic carbocycles. The van der Waals surface area contributed by atoms with Gasteiger partial charge in [-0.2, -0.15) is 5.10 Å². The third-order valence-corrected chi connectivity index (χ3v) is 5.19. The summed E-state index contributed by atoms with van der Waals surface area (Å²) in [6.07, 6.45) is 3.80. The average Bonchev–Trinajstić information content (AvgIpc) is 3.17. The Kier molecular flexibility index (Phi) is 5.03. The molecule has 0 bridgehead atoms. The van der Waals surface area contributed by atoms with Crippen LogP contribution in [0.5, 0.6) is 0 Å². The van der Waals surface area contributed by atoms with Gasteiger partial charge in [0.25, 0.3) is 0 Å². The summed E-state index contributed by atoms with van der Waals surface area (Å²) in [4.78, 5) is 18.8. The minimum Gasteiger partial charge on any atom is -0.355 e. The van der Waals surface area contributed by atoms with Gasteiger partial charge in [-0.1, -0.05) is 0 Å². The van der Waals surface area contributed by atoms with Crippen molar-refractivity contribution in [2.45, 2.75) is 38.8 Å². The summed E-state index contributed by atoms with van der Waals surface area (Å²) in [6.45, 7) is 5.74. The van der Waals surface area contributed by atoms with Gasteiger partial charge < -0.3 is 15.5 Å². The van der Waals surface area contributed by atoms with E-state index in [1.54, 1.807) is 17.5 Å². The fourth-order valence-corrected chi connectivity index (χ4v) is 3.78. The zero-order valence-corrected chi connectivity index (χ0v) is 15.1. The normalized spacial score (nSPS) is 19.1. The van der Waals surface area contributed by atoms with Crippen LogP contribution in [0.4, 0.5) is 10.6 Å². The van der Waals surface area contributed by atoms with Crippen LogP contribution in [0.2, 0.25) is 0 Å². The Hall–Kier alpha value is -2.09. The Morgan fingerprint density at radius 3 is 3.00 bits per heavy atom. The van der Waals surface area contributed by atoms with Crippen LogP contribution in [0.15, 0.2) is 17.6 Å². The molecule has 3 rings (SSSR count). The molecule has 1 fully saturated rings. The lowest BCUT2D eigenvalue weighted by Crippen LogP contribution is -2.51. The Morgan fingerprint density at radius 2 is 2.33 bits per heavy atom. The Labute approximate surface area is 146 Å². The fourth-order valence-electron chi connectivity index (χ4n) is 3.13. The highest BCUT2D eigenvalue weighted by Gasteiger charge is 2.24. The molecular formula is C16H24N6OS. The monoisotopic (exact) mass is 348 g/mol. The highest BCUT2D eigenvalue weighted by Crippen LogP contribution is 2.20. The molecule has 1 aliphatic rings. The van der Waals surface area contributed by atoms with Crippen LogP contribution in [0, 0.1) is 6.92 Å². The molecule has 0 saturated carbocycles. The summed E-state index contributed by atoms with van der Waals surface area (Å²) >= 11 is 1.55. The number of nitrogens with one attached hydrogen (secondary N) is 2. The van der Waals surface area contributed by atoms with Crippen molar-refractivity contribution in [1.29, 1.82) is 0 Å². The fraction of sp³-hybridized carbons (Fsp3) is 0.562. The first-order valence-corrected chi connectivity index (χ1v) is 9.13. The van der Waals surface area contributed by atoms with Crippen LogP contribution in [0.25, 0.3) is 0 Å². The summed E-state index contributed by atoms with van der Waals surface area (Å²) in [6, 6.07) is 2.01. The number of carbonyl (C=O) groups excluding carboxylic acids is 1. The number of thiazole rings is 1. The highest BCUT2D eigenvalue weighted by atomic mass is 32.1. The molecule has 0 radical (unpaired) electrons. The molecule has 7 nitrogen and oxygen atoms in total. The Balaban J connectivity index is 1.55. The Morgan fingerprint density at radius 1 is 1.50 bits per heavy atom. The zero-order chi connectivity index (χ0) is 17.1. The number of piperidine rings is 1. The van der Waals surface area contributed by atoms with Gasteiger partial charge >= 0.3 is 6.03 Å². The minimum atomic E-state index is -0.134. The molecule has 0 spiro atoms. The van der Waals surface area contributed by atoms with Crippen molar-refractivity contribution in [3.63, 3.8) is 0 Å². The lowest BCUT2D eigenvalue weighted by Gasteiger charge is -2.34. The van der Waals surface area contributed by atoms with Crippen molar-refractivity contribution >= 4 is 23.2 Å². The lowest BCUT2D eigenvalue weighted by molar-refractivity contribution is 0.232. The summed E-state index contributed by atoms with van der Waals surface area (Å²) in [5.41, 5.74) is 1.01. The molecule has 1 aliphatic heterocycles. The molecule has 0 aliphatic carbocycles. The van der Waals surface area contributed by atoms with Crippen molar-refractivity contribution in [2.75, 3.05) is 18.0 Å². The third kappa shape index (κ3) is 3.87. The van der Waals surface area contributed by atoms with Crippen molar-refractivity contribution in [3.05, 3.63) is 28.3 Å². The van der Waals surface area contributed by atoms with E-state index in [2.05, 4.69) is 31.7 Å². The number of carbonyl (C=O) groups is 1. The van der Waals surface area contributed by atoms with E-state index in [0.717, 1.165) is 42.5 Å². The maximum atomic E-state index is 12.2. The maximum absolute atomic E-state index is 12.2. The molecule has 24 heavy (non-hydrogen) atoms. The van der Waals surface area contributed by atoms with E-state index in [-0.39, 0.29) is 18.1 Å². The average molecular weight is 348 g/mol. The van der Waals surface area contributed by atoms with E-state index in [0.29, 0.717) is 0 Å². The number of hydrogen-bond acceptors (Lipinski definition) is 5. The molecule has 0 unspecified atom stereocenters. The number of aromatic nitrogens is 3. The minimum absolute atomic E-state index is 0.0792. The standard InChI is InChI=1S/C16H24N6OS/c1-11-9-14(21(3)20-11)22-7-4-5-13(10-22)19-16(23)18-12(2)15-17-6-8-24-15/h6,8-9,12-13H,4-5,7,10H2,1-3H3,(H2,18,19,23)/t12-,13-/m0/s1. The van der Waals surface area contributed by atoms with E-state index in [9.17, 15) is 4.79 Å². The molecule has 1 saturated heterocycles. The number of urea groups is 1. The van der Waals surface area contributed by atoms with Gasteiger partial charge in [-0.15, -0.1) is 11.3 Å². The van der Waals surface area contributed by atoms with Crippen molar-refractivity contribution in [1.82, 2.24) is 25.4 Å². The predicted molar refractivity (Wildman–Crippen MR) is 95.4 cm³/mol. The zero-order valence-electron chi connectivity index (χ0n) is 14.3. The lowest BCUT2D eigenvalue weighted by atomic mass is 10.1.